The number of anilines is 2. The molecule has 0 spiro atoms. The van der Waals surface area contributed by atoms with Crippen LogP contribution in [0.5, 0.6) is 0 Å². The maximum atomic E-state index is 12.3. The molecule has 0 bridgehead atoms. The van der Waals surface area contributed by atoms with Crippen LogP contribution in [-0.2, 0) is 20.0 Å². The molecule has 0 radical (unpaired) electrons. The highest BCUT2D eigenvalue weighted by Gasteiger charge is 2.19. The summed E-state index contributed by atoms with van der Waals surface area (Å²) in [6, 6.07) is 27.6. The lowest BCUT2D eigenvalue weighted by Crippen LogP contribution is -2.13. The minimum Gasteiger partial charge on any atom is -0.396 e. The van der Waals surface area contributed by atoms with Crippen molar-refractivity contribution in [2.75, 3.05) is 11.5 Å². The van der Waals surface area contributed by atoms with E-state index in [0.717, 1.165) is 22.3 Å². The van der Waals surface area contributed by atoms with Crippen LogP contribution >= 0.6 is 0 Å². The summed E-state index contributed by atoms with van der Waals surface area (Å²) in [5.74, 6) is 0. The number of nitrogens with zero attached hydrogens (tertiary/aromatic N) is 4. The van der Waals surface area contributed by atoms with E-state index in [1.54, 1.807) is 60.7 Å². The van der Waals surface area contributed by atoms with E-state index in [1.165, 1.54) is 12.1 Å². The quantitative estimate of drug-likeness (QED) is 0.0983. The van der Waals surface area contributed by atoms with Crippen molar-refractivity contribution >= 4 is 75.7 Å². The Kier molecular flexibility index (Phi) is 8.26. The fourth-order valence-corrected chi connectivity index (χ4v) is 6.97. The molecule has 48 heavy (non-hydrogen) atoms. The van der Waals surface area contributed by atoms with E-state index in [4.69, 9.17) is 21.7 Å². The fraction of sp³-hybridized carbons (Fsp3) is 0.0588. The lowest BCUT2D eigenvalue weighted by atomic mass is 10.0. The Hall–Kier alpha value is -5.54. The van der Waals surface area contributed by atoms with Gasteiger partial charge in [0.05, 0.1) is 32.5 Å². The van der Waals surface area contributed by atoms with Crippen LogP contribution in [0, 0.1) is 13.8 Å². The van der Waals surface area contributed by atoms with Crippen molar-refractivity contribution in [2.24, 2.45) is 30.7 Å². The van der Waals surface area contributed by atoms with Gasteiger partial charge in [0.15, 0.2) is 0 Å². The van der Waals surface area contributed by atoms with Crippen LogP contribution in [0.2, 0.25) is 0 Å². The minimum absolute atomic E-state index is 0.0827. The zero-order valence-electron chi connectivity index (χ0n) is 25.8. The molecule has 0 aliphatic heterocycles. The molecule has 0 saturated carbocycles. The van der Waals surface area contributed by atoms with Gasteiger partial charge in [-0.25, -0.2) is 27.1 Å². The molecule has 6 rings (SSSR count). The molecule has 6 aromatic carbocycles. The predicted octanol–water partition coefficient (Wildman–Crippen LogP) is 7.57. The lowest BCUT2D eigenvalue weighted by molar-refractivity contribution is 0.597. The monoisotopic (exact) mass is 678 g/mol. The molecular weight excluding hydrogens is 649 g/mol. The molecule has 0 amide bonds. The number of nitrogen functional groups attached to an aromatic ring is 2. The van der Waals surface area contributed by atoms with Crippen molar-refractivity contribution < 1.29 is 16.8 Å². The van der Waals surface area contributed by atoms with Crippen LogP contribution < -0.4 is 21.7 Å². The molecule has 0 unspecified atom stereocenters. The van der Waals surface area contributed by atoms with Gasteiger partial charge in [0.1, 0.15) is 11.4 Å². The van der Waals surface area contributed by atoms with E-state index in [-0.39, 0.29) is 32.5 Å². The first kappa shape index (κ1) is 32.4. The minimum atomic E-state index is -4.04. The van der Waals surface area contributed by atoms with E-state index >= 15 is 0 Å². The molecule has 0 saturated heterocycles. The first-order valence-electron chi connectivity index (χ1n) is 14.5. The molecule has 8 N–H and O–H groups in total. The number of rotatable bonds is 7. The Morgan fingerprint density at radius 3 is 1.12 bits per heavy atom. The molecule has 0 fully saturated rings. The molecule has 6 aromatic rings. The molecular formula is C34H30N8O4S2. The number of hydrogen-bond donors (Lipinski definition) is 4. The Morgan fingerprint density at radius 2 is 0.792 bits per heavy atom. The van der Waals surface area contributed by atoms with Gasteiger partial charge in [-0.3, -0.25) is 0 Å². The van der Waals surface area contributed by atoms with E-state index in [9.17, 15) is 16.8 Å². The van der Waals surface area contributed by atoms with Gasteiger partial charge in [0.25, 0.3) is 0 Å². The van der Waals surface area contributed by atoms with E-state index in [2.05, 4.69) is 20.5 Å². The third-order valence-electron chi connectivity index (χ3n) is 7.92. The Morgan fingerprint density at radius 1 is 0.458 bits per heavy atom. The Balaban J connectivity index is 1.28. The zero-order valence-corrected chi connectivity index (χ0v) is 27.4. The molecule has 0 atom stereocenters. The average molecular weight is 679 g/mol. The van der Waals surface area contributed by atoms with E-state index in [1.807, 2.05) is 38.1 Å². The number of sulfonamides is 2. The normalized spacial score (nSPS) is 12.5. The van der Waals surface area contributed by atoms with Gasteiger partial charge in [0.2, 0.25) is 20.0 Å². The van der Waals surface area contributed by atoms with Crippen molar-refractivity contribution in [1.29, 1.82) is 0 Å². The van der Waals surface area contributed by atoms with Gasteiger partial charge in [-0.05, 0) is 72.5 Å². The number of azo groups is 2. The summed E-state index contributed by atoms with van der Waals surface area (Å²) in [7, 11) is -8.08. The largest absolute Gasteiger partial charge is 0.396 e. The van der Waals surface area contributed by atoms with Crippen molar-refractivity contribution in [3.8, 4) is 11.1 Å². The van der Waals surface area contributed by atoms with Gasteiger partial charge in [-0.15, -0.1) is 10.2 Å². The summed E-state index contributed by atoms with van der Waals surface area (Å²) in [6.45, 7) is 3.77. The molecule has 242 valence electrons. The topological polar surface area (TPSA) is 222 Å². The number of fused-ring (bicyclic) bond motifs is 2. The third-order valence-corrected chi connectivity index (χ3v) is 9.83. The van der Waals surface area contributed by atoms with Crippen LogP contribution in [0.25, 0.3) is 32.7 Å². The number of hydrogen-bond acceptors (Lipinski definition) is 10. The second-order valence-corrected chi connectivity index (χ2v) is 14.3. The maximum absolute atomic E-state index is 12.3. The Bertz CT molecular complexity index is 2390. The van der Waals surface area contributed by atoms with Crippen LogP contribution in [-0.4, -0.2) is 16.8 Å². The number of aryl methyl sites for hydroxylation is 2. The number of nitrogens with two attached hydrogens (primary N) is 4. The van der Waals surface area contributed by atoms with Crippen molar-refractivity contribution in [1.82, 2.24) is 0 Å². The highest BCUT2D eigenvalue weighted by Crippen LogP contribution is 2.39. The van der Waals surface area contributed by atoms with Crippen molar-refractivity contribution in [2.45, 2.75) is 23.6 Å². The predicted molar refractivity (Wildman–Crippen MR) is 189 cm³/mol. The maximum Gasteiger partial charge on any atom is 0.238 e. The second kappa shape index (κ2) is 12.2. The lowest BCUT2D eigenvalue weighted by Gasteiger charge is -2.10. The van der Waals surface area contributed by atoms with Gasteiger partial charge in [0, 0.05) is 21.5 Å². The van der Waals surface area contributed by atoms with Crippen molar-refractivity contribution in [3.05, 3.63) is 108 Å². The molecule has 0 aliphatic rings. The second-order valence-electron chi connectivity index (χ2n) is 11.2. The van der Waals surface area contributed by atoms with E-state index < -0.39 is 20.0 Å². The molecule has 14 heteroatoms. The average Bonchev–Trinajstić information content (AvgIpc) is 3.04. The SMILES string of the molecule is Cc1cc(-c2ccc(/N=N/c3cc(S(N)(=O)=O)c4ccccc4c3N)c(C)c2)ccc1/N=N/c1cc(S(N)(=O)=O)c2ccccc2c1N. The fourth-order valence-electron chi connectivity index (χ4n) is 5.45. The van der Waals surface area contributed by atoms with Crippen LogP contribution in [0.1, 0.15) is 11.1 Å². The van der Waals surface area contributed by atoms with E-state index in [0.29, 0.717) is 32.9 Å². The summed E-state index contributed by atoms with van der Waals surface area (Å²) in [5, 5.41) is 30.1. The van der Waals surface area contributed by atoms with Crippen molar-refractivity contribution in [3.63, 3.8) is 0 Å². The Labute approximate surface area is 276 Å². The summed E-state index contributed by atoms with van der Waals surface area (Å²) in [5.41, 5.74) is 18.2. The summed E-state index contributed by atoms with van der Waals surface area (Å²) in [4.78, 5) is -0.165. The first-order chi connectivity index (χ1) is 22.7. The number of benzene rings is 6. The zero-order chi connectivity index (χ0) is 34.4. The first-order valence-corrected chi connectivity index (χ1v) is 17.5. The van der Waals surface area contributed by atoms with Gasteiger partial charge >= 0.3 is 0 Å². The summed E-state index contributed by atoms with van der Waals surface area (Å²) in [6.07, 6.45) is 0. The van der Waals surface area contributed by atoms with Crippen LogP contribution in [0.4, 0.5) is 34.1 Å². The van der Waals surface area contributed by atoms with Crippen LogP contribution in [0.15, 0.2) is 127 Å². The molecule has 0 aromatic heterocycles. The van der Waals surface area contributed by atoms with Gasteiger partial charge in [-0.1, -0.05) is 60.7 Å². The summed E-state index contributed by atoms with van der Waals surface area (Å²) >= 11 is 0. The van der Waals surface area contributed by atoms with Gasteiger partial charge in [-0.2, -0.15) is 10.2 Å². The molecule has 0 aliphatic carbocycles. The molecule has 12 nitrogen and oxygen atoms in total. The highest BCUT2D eigenvalue weighted by atomic mass is 32.2. The van der Waals surface area contributed by atoms with Gasteiger partial charge < -0.3 is 11.5 Å². The van der Waals surface area contributed by atoms with Crippen LogP contribution in [0.3, 0.4) is 0 Å². The summed E-state index contributed by atoms with van der Waals surface area (Å²) < 4.78 is 49.1. The molecule has 0 heterocycles. The number of primary sulfonamides is 2. The standard InChI is InChI=1S/C34H30N8O4S2/c1-19-15-21(11-13-27(19)39-41-29-17-31(47(37,43)44)23-7-3-5-9-25(23)33(29)35)22-12-14-28(20(2)16-22)40-42-30-18-32(48(38,45)46)24-8-4-6-10-26(24)34(30)36/h3-18H,35-36H2,1-2H3,(H2,37,43,44)(H2,38,45,46)/b41-39+,42-40+. The third kappa shape index (κ3) is 6.24. The smallest absolute Gasteiger partial charge is 0.238 e. The highest BCUT2D eigenvalue weighted by molar-refractivity contribution is 7.89.